The quantitative estimate of drug-likeness (QED) is 0.452. The van der Waals surface area contributed by atoms with Gasteiger partial charge in [0.15, 0.2) is 0 Å². The van der Waals surface area contributed by atoms with Crippen molar-refractivity contribution in [2.24, 2.45) is 11.8 Å². The highest BCUT2D eigenvalue weighted by Gasteiger charge is 2.22. The van der Waals surface area contributed by atoms with E-state index in [-0.39, 0.29) is 0 Å². The van der Waals surface area contributed by atoms with Crippen molar-refractivity contribution in [2.45, 2.75) is 38.7 Å². The first kappa shape index (κ1) is 7.33. The Morgan fingerprint density at radius 2 is 1.56 bits per heavy atom. The zero-order valence-electron chi connectivity index (χ0n) is 6.35. The van der Waals surface area contributed by atoms with E-state index in [1.807, 2.05) is 0 Å². The van der Waals surface area contributed by atoms with Crippen LogP contribution >= 0.6 is 0 Å². The molecule has 0 amide bonds. The summed E-state index contributed by atoms with van der Waals surface area (Å²) in [7, 11) is 3.77. The van der Waals surface area contributed by atoms with Crippen LogP contribution in [0.2, 0.25) is 5.54 Å². The zero-order chi connectivity index (χ0) is 6.85. The van der Waals surface area contributed by atoms with Gasteiger partial charge in [0.1, 0.15) is 0 Å². The molecule has 1 aliphatic rings. The molecule has 0 spiro atoms. The molecule has 0 aromatic carbocycles. The molecule has 51 valence electrons. The third kappa shape index (κ3) is 1.57. The van der Waals surface area contributed by atoms with Crippen molar-refractivity contribution in [2.75, 3.05) is 0 Å². The van der Waals surface area contributed by atoms with Crippen molar-refractivity contribution in [3.8, 4) is 0 Å². The summed E-state index contributed by atoms with van der Waals surface area (Å²) >= 11 is 0. The second kappa shape index (κ2) is 2.87. The maximum atomic E-state index is 3.77. The molecule has 1 aliphatic carbocycles. The van der Waals surface area contributed by atoms with Crippen molar-refractivity contribution in [3.05, 3.63) is 0 Å². The van der Waals surface area contributed by atoms with Gasteiger partial charge >= 0.3 is 0 Å². The first-order valence-electron chi connectivity index (χ1n) is 3.93. The fraction of sp³-hybridized carbons (Fsp3) is 1.00. The lowest BCUT2D eigenvalue weighted by molar-refractivity contribution is 0.302. The molecule has 1 fully saturated rings. The average Bonchev–Trinajstić information content (AvgIpc) is 1.83. The largest absolute Gasteiger partial charge is 0.0625 e. The molecule has 0 nitrogen and oxygen atoms in total. The maximum Gasteiger partial charge on any atom is 0.0273 e. The summed E-state index contributed by atoms with van der Waals surface area (Å²) < 4.78 is 0. The van der Waals surface area contributed by atoms with Gasteiger partial charge in [-0.1, -0.05) is 33.1 Å². The molecule has 1 heteroatoms. The van der Waals surface area contributed by atoms with Crippen LogP contribution in [-0.4, -0.2) is 10.2 Å². The van der Waals surface area contributed by atoms with Crippen LogP contribution in [0, 0.1) is 11.8 Å². The van der Waals surface area contributed by atoms with Crippen LogP contribution in [0.15, 0.2) is 0 Å². The van der Waals surface area contributed by atoms with Crippen LogP contribution < -0.4 is 0 Å². The van der Waals surface area contributed by atoms with Crippen molar-refractivity contribution in [3.63, 3.8) is 0 Å². The molecule has 0 aromatic heterocycles. The van der Waals surface area contributed by atoms with Crippen LogP contribution in [0.1, 0.15) is 33.1 Å². The van der Waals surface area contributed by atoms with Crippen molar-refractivity contribution in [1.29, 1.82) is 0 Å². The van der Waals surface area contributed by atoms with E-state index in [2.05, 4.69) is 24.1 Å². The van der Waals surface area contributed by atoms with E-state index in [1.54, 1.807) is 0 Å². The van der Waals surface area contributed by atoms with Gasteiger partial charge in [0.05, 0.1) is 0 Å². The number of hydrogen-bond donors (Lipinski definition) is 0. The second-order valence-electron chi connectivity index (χ2n) is 3.41. The summed E-state index contributed by atoms with van der Waals surface area (Å²) in [6, 6.07) is 0. The predicted molar refractivity (Wildman–Crippen MR) is 41.7 cm³/mol. The van der Waals surface area contributed by atoms with Gasteiger partial charge < -0.3 is 0 Å². The Morgan fingerprint density at radius 1 is 1.11 bits per heavy atom. The van der Waals surface area contributed by atoms with E-state index in [4.69, 9.17) is 0 Å². The summed E-state index contributed by atoms with van der Waals surface area (Å²) in [6.45, 7) is 4.68. The molecule has 0 saturated heterocycles. The first-order chi connectivity index (χ1) is 4.22. The van der Waals surface area contributed by atoms with Gasteiger partial charge in [-0.15, -0.1) is 0 Å². The smallest absolute Gasteiger partial charge is 0.0273 e. The highest BCUT2D eigenvalue weighted by molar-refractivity contribution is 6.12. The van der Waals surface area contributed by atoms with Gasteiger partial charge in [-0.2, -0.15) is 0 Å². The van der Waals surface area contributed by atoms with Gasteiger partial charge in [-0.05, 0) is 17.4 Å². The fourth-order valence-electron chi connectivity index (χ4n) is 1.68. The number of hydrogen-bond acceptors (Lipinski definition) is 0. The molecule has 1 rings (SSSR count). The molecule has 0 aliphatic heterocycles. The summed E-state index contributed by atoms with van der Waals surface area (Å²) in [5.41, 5.74) is 0.777. The fourth-order valence-corrected chi connectivity index (χ4v) is 2.02. The lowest BCUT2D eigenvalue weighted by Crippen LogP contribution is -2.19. The molecule has 0 aromatic rings. The first-order valence-corrected chi connectivity index (χ1v) is 4.50. The molecule has 1 saturated carbocycles. The summed E-state index contributed by atoms with van der Waals surface area (Å²) in [5.74, 6) is 1.79. The molecule has 2 atom stereocenters. The highest BCUT2D eigenvalue weighted by Crippen LogP contribution is 2.36. The van der Waals surface area contributed by atoms with Crippen LogP contribution in [0.5, 0.6) is 0 Å². The standard InChI is InChI=1S/C8H15Si/c1-6-4-3-5-7(2)8(6)9/h6-8H,3-5H2,1-2H3. The minimum Gasteiger partial charge on any atom is -0.0625 e. The predicted octanol–water partition coefficient (Wildman–Crippen LogP) is 2.40. The van der Waals surface area contributed by atoms with Crippen LogP contribution in [0.3, 0.4) is 0 Å². The van der Waals surface area contributed by atoms with Gasteiger partial charge in [0.2, 0.25) is 0 Å². The molecule has 0 bridgehead atoms. The van der Waals surface area contributed by atoms with Crippen molar-refractivity contribution in [1.82, 2.24) is 0 Å². The average molecular weight is 139 g/mol. The Balaban J connectivity index is 2.41. The molecule has 0 N–H and O–H groups in total. The summed E-state index contributed by atoms with van der Waals surface area (Å²) in [4.78, 5) is 0. The normalized spacial score (nSPS) is 45.0. The SMILES string of the molecule is CC1CCCC(C)C1[Si]. The zero-order valence-corrected chi connectivity index (χ0v) is 7.35. The van der Waals surface area contributed by atoms with E-state index in [0.29, 0.717) is 0 Å². The third-order valence-corrected chi connectivity index (χ3v) is 3.68. The van der Waals surface area contributed by atoms with Crippen LogP contribution in [-0.2, 0) is 0 Å². The second-order valence-corrected chi connectivity index (χ2v) is 4.08. The minimum atomic E-state index is 0.777. The highest BCUT2D eigenvalue weighted by atomic mass is 28.1. The Morgan fingerprint density at radius 3 is 1.89 bits per heavy atom. The molecule has 2 unspecified atom stereocenters. The summed E-state index contributed by atoms with van der Waals surface area (Å²) in [6.07, 6.45) is 4.26. The third-order valence-electron chi connectivity index (χ3n) is 2.55. The minimum absolute atomic E-state index is 0.777. The van der Waals surface area contributed by atoms with E-state index >= 15 is 0 Å². The van der Waals surface area contributed by atoms with E-state index in [1.165, 1.54) is 19.3 Å². The Kier molecular flexibility index (Phi) is 2.33. The van der Waals surface area contributed by atoms with Crippen molar-refractivity contribution < 1.29 is 0 Å². The Labute approximate surface area is 61.5 Å². The summed E-state index contributed by atoms with van der Waals surface area (Å²) in [5, 5.41) is 0. The Hall–Kier alpha value is 0.217. The van der Waals surface area contributed by atoms with Crippen LogP contribution in [0.25, 0.3) is 0 Å². The van der Waals surface area contributed by atoms with Gasteiger partial charge in [0, 0.05) is 10.2 Å². The van der Waals surface area contributed by atoms with E-state index in [0.717, 1.165) is 17.4 Å². The van der Waals surface area contributed by atoms with Gasteiger partial charge in [0.25, 0.3) is 0 Å². The molecular weight excluding hydrogens is 124 g/mol. The lowest BCUT2D eigenvalue weighted by Gasteiger charge is -2.31. The van der Waals surface area contributed by atoms with Gasteiger partial charge in [-0.3, -0.25) is 0 Å². The lowest BCUT2D eigenvalue weighted by atomic mass is 9.83. The van der Waals surface area contributed by atoms with E-state index in [9.17, 15) is 0 Å². The molecular formula is C8H15Si. The maximum absolute atomic E-state index is 3.77. The van der Waals surface area contributed by atoms with Crippen molar-refractivity contribution >= 4 is 10.2 Å². The Bertz CT molecular complexity index is 80.6. The topological polar surface area (TPSA) is 0 Å². The molecule has 9 heavy (non-hydrogen) atoms. The molecule has 0 heterocycles. The van der Waals surface area contributed by atoms with Gasteiger partial charge in [-0.25, -0.2) is 0 Å². The molecule has 3 radical (unpaired) electrons. The van der Waals surface area contributed by atoms with Crippen LogP contribution in [0.4, 0.5) is 0 Å². The number of rotatable bonds is 0. The van der Waals surface area contributed by atoms with E-state index < -0.39 is 0 Å². The monoisotopic (exact) mass is 139 g/mol.